The van der Waals surface area contributed by atoms with Gasteiger partial charge in [0.1, 0.15) is 11.4 Å². The van der Waals surface area contributed by atoms with Crippen molar-refractivity contribution in [3.8, 4) is 0 Å². The fraction of sp³-hybridized carbons (Fsp3) is 0.267. The highest BCUT2D eigenvalue weighted by Crippen LogP contribution is 2.30. The minimum absolute atomic E-state index is 0.447. The zero-order valence-electron chi connectivity index (χ0n) is 10.7. The summed E-state index contributed by atoms with van der Waals surface area (Å²) < 4.78 is 13.2. The number of hydrogen-bond donors (Lipinski definition) is 1. The second-order valence-electron chi connectivity index (χ2n) is 4.84. The third-order valence-corrected chi connectivity index (χ3v) is 3.05. The lowest BCUT2D eigenvalue weighted by Gasteiger charge is -2.25. The average Bonchev–Trinajstić information content (AvgIpc) is 2.27. The molecular weight excluding hydrogens is 229 g/mol. The second-order valence-corrected chi connectivity index (χ2v) is 4.84. The molecule has 94 valence electrons. The molecule has 0 fully saturated rings. The SMILES string of the molecule is Cc1cc(C)cc(C(C)(O)c2cncc(F)c2)c1. The number of aryl methyl sites for hydroxylation is 2. The Morgan fingerprint density at radius 3 is 2.17 bits per heavy atom. The third kappa shape index (κ3) is 2.41. The Kier molecular flexibility index (Phi) is 3.18. The van der Waals surface area contributed by atoms with Crippen LogP contribution in [0.1, 0.15) is 29.2 Å². The molecule has 0 saturated heterocycles. The van der Waals surface area contributed by atoms with Gasteiger partial charge in [-0.3, -0.25) is 4.98 Å². The van der Waals surface area contributed by atoms with Crippen LogP contribution in [0.3, 0.4) is 0 Å². The van der Waals surface area contributed by atoms with Gasteiger partial charge in [-0.15, -0.1) is 0 Å². The van der Waals surface area contributed by atoms with Crippen molar-refractivity contribution < 1.29 is 9.50 Å². The molecule has 0 amide bonds. The molecule has 0 aliphatic carbocycles. The van der Waals surface area contributed by atoms with Crippen LogP contribution in [0.2, 0.25) is 0 Å². The van der Waals surface area contributed by atoms with Gasteiger partial charge < -0.3 is 5.11 Å². The van der Waals surface area contributed by atoms with Crippen LogP contribution in [0, 0.1) is 19.7 Å². The smallest absolute Gasteiger partial charge is 0.141 e. The predicted octanol–water partition coefficient (Wildman–Crippen LogP) is 3.09. The maximum atomic E-state index is 13.2. The summed E-state index contributed by atoms with van der Waals surface area (Å²) in [5.41, 5.74) is 2.08. The molecule has 0 aliphatic heterocycles. The van der Waals surface area contributed by atoms with E-state index in [1.165, 1.54) is 12.3 Å². The van der Waals surface area contributed by atoms with Crippen LogP contribution < -0.4 is 0 Å². The number of hydrogen-bond acceptors (Lipinski definition) is 2. The molecule has 2 nitrogen and oxygen atoms in total. The molecule has 1 atom stereocenters. The van der Waals surface area contributed by atoms with E-state index >= 15 is 0 Å². The summed E-state index contributed by atoms with van der Waals surface area (Å²) in [6.45, 7) is 5.59. The molecule has 0 aliphatic rings. The minimum Gasteiger partial charge on any atom is -0.381 e. The summed E-state index contributed by atoms with van der Waals surface area (Å²) in [6, 6.07) is 7.14. The van der Waals surface area contributed by atoms with Crippen LogP contribution >= 0.6 is 0 Å². The van der Waals surface area contributed by atoms with Crippen molar-refractivity contribution in [1.82, 2.24) is 4.98 Å². The summed E-state index contributed by atoms with van der Waals surface area (Å²) in [6.07, 6.45) is 2.61. The Morgan fingerprint density at radius 1 is 1.00 bits per heavy atom. The van der Waals surface area contributed by atoms with E-state index in [0.717, 1.165) is 22.9 Å². The van der Waals surface area contributed by atoms with Gasteiger partial charge in [0.05, 0.1) is 6.20 Å². The fourth-order valence-corrected chi connectivity index (χ4v) is 2.10. The monoisotopic (exact) mass is 245 g/mol. The number of aromatic nitrogens is 1. The van der Waals surface area contributed by atoms with E-state index in [1.54, 1.807) is 6.92 Å². The highest BCUT2D eigenvalue weighted by Gasteiger charge is 2.26. The summed E-state index contributed by atoms with van der Waals surface area (Å²) in [7, 11) is 0. The van der Waals surface area contributed by atoms with E-state index in [2.05, 4.69) is 4.98 Å². The fourth-order valence-electron chi connectivity index (χ4n) is 2.10. The van der Waals surface area contributed by atoms with Crippen LogP contribution in [0.5, 0.6) is 0 Å². The first-order valence-electron chi connectivity index (χ1n) is 5.82. The van der Waals surface area contributed by atoms with Gasteiger partial charge in [0.15, 0.2) is 0 Å². The van der Waals surface area contributed by atoms with E-state index < -0.39 is 11.4 Å². The lowest BCUT2D eigenvalue weighted by molar-refractivity contribution is 0.101. The first-order chi connectivity index (χ1) is 8.39. The van der Waals surface area contributed by atoms with Crippen molar-refractivity contribution in [2.24, 2.45) is 0 Å². The highest BCUT2D eigenvalue weighted by molar-refractivity contribution is 5.38. The Labute approximate surface area is 106 Å². The summed E-state index contributed by atoms with van der Waals surface area (Å²) in [4.78, 5) is 3.79. The van der Waals surface area contributed by atoms with Crippen LogP contribution in [0.15, 0.2) is 36.7 Å². The van der Waals surface area contributed by atoms with Gasteiger partial charge in [-0.05, 0) is 32.4 Å². The van der Waals surface area contributed by atoms with Gasteiger partial charge in [0, 0.05) is 11.8 Å². The van der Waals surface area contributed by atoms with Crippen LogP contribution in [0.25, 0.3) is 0 Å². The third-order valence-electron chi connectivity index (χ3n) is 3.05. The lowest BCUT2D eigenvalue weighted by Crippen LogP contribution is -2.23. The maximum Gasteiger partial charge on any atom is 0.141 e. The van der Waals surface area contributed by atoms with Crippen LogP contribution in [-0.2, 0) is 5.60 Å². The van der Waals surface area contributed by atoms with E-state index in [1.807, 2.05) is 32.0 Å². The molecule has 0 radical (unpaired) electrons. The molecule has 2 rings (SSSR count). The first kappa shape index (κ1) is 12.7. The molecule has 0 spiro atoms. The number of halogens is 1. The largest absolute Gasteiger partial charge is 0.381 e. The molecule has 2 aromatic rings. The standard InChI is InChI=1S/C15H16FNO/c1-10-4-11(2)6-12(5-10)15(3,18)13-7-14(16)9-17-8-13/h4-9,18H,1-3H3. The molecule has 3 heteroatoms. The van der Waals surface area contributed by atoms with E-state index in [9.17, 15) is 9.50 Å². The molecular formula is C15H16FNO. The molecule has 1 aromatic heterocycles. The van der Waals surface area contributed by atoms with Gasteiger partial charge in [-0.25, -0.2) is 4.39 Å². The number of nitrogens with zero attached hydrogens (tertiary/aromatic N) is 1. The molecule has 0 bridgehead atoms. The topological polar surface area (TPSA) is 33.1 Å². The van der Waals surface area contributed by atoms with Crippen molar-refractivity contribution >= 4 is 0 Å². The number of aliphatic hydroxyl groups is 1. The van der Waals surface area contributed by atoms with Gasteiger partial charge in [-0.1, -0.05) is 29.3 Å². The Hall–Kier alpha value is -1.74. The second kappa shape index (κ2) is 4.50. The quantitative estimate of drug-likeness (QED) is 0.882. The zero-order valence-corrected chi connectivity index (χ0v) is 10.7. The average molecular weight is 245 g/mol. The molecule has 1 N–H and O–H groups in total. The number of rotatable bonds is 2. The normalized spacial score (nSPS) is 14.3. The summed E-state index contributed by atoms with van der Waals surface area (Å²) >= 11 is 0. The van der Waals surface area contributed by atoms with Gasteiger partial charge >= 0.3 is 0 Å². The van der Waals surface area contributed by atoms with Crippen molar-refractivity contribution in [2.45, 2.75) is 26.4 Å². The molecule has 1 aromatic carbocycles. The molecule has 1 unspecified atom stereocenters. The van der Waals surface area contributed by atoms with E-state index in [4.69, 9.17) is 0 Å². The van der Waals surface area contributed by atoms with Gasteiger partial charge in [0.2, 0.25) is 0 Å². The molecule has 1 heterocycles. The molecule has 18 heavy (non-hydrogen) atoms. The Bertz CT molecular complexity index is 558. The van der Waals surface area contributed by atoms with Crippen molar-refractivity contribution in [1.29, 1.82) is 0 Å². The Balaban J connectivity index is 2.53. The number of pyridine rings is 1. The Morgan fingerprint density at radius 2 is 1.61 bits per heavy atom. The highest BCUT2D eigenvalue weighted by atomic mass is 19.1. The summed E-state index contributed by atoms with van der Waals surface area (Å²) in [5.74, 6) is -0.447. The van der Waals surface area contributed by atoms with Crippen molar-refractivity contribution in [3.63, 3.8) is 0 Å². The minimum atomic E-state index is -1.24. The van der Waals surface area contributed by atoms with Crippen LogP contribution in [-0.4, -0.2) is 10.1 Å². The van der Waals surface area contributed by atoms with E-state index in [0.29, 0.717) is 5.56 Å². The van der Waals surface area contributed by atoms with Crippen molar-refractivity contribution in [2.75, 3.05) is 0 Å². The van der Waals surface area contributed by atoms with E-state index in [-0.39, 0.29) is 0 Å². The van der Waals surface area contributed by atoms with Gasteiger partial charge in [-0.2, -0.15) is 0 Å². The zero-order chi connectivity index (χ0) is 13.3. The first-order valence-corrected chi connectivity index (χ1v) is 5.82. The van der Waals surface area contributed by atoms with Crippen LogP contribution in [0.4, 0.5) is 4.39 Å². The van der Waals surface area contributed by atoms with Crippen molar-refractivity contribution in [3.05, 3.63) is 64.7 Å². The number of benzene rings is 1. The molecule has 0 saturated carbocycles. The van der Waals surface area contributed by atoms with Gasteiger partial charge in [0.25, 0.3) is 0 Å². The lowest BCUT2D eigenvalue weighted by atomic mass is 9.87. The predicted molar refractivity (Wildman–Crippen MR) is 68.8 cm³/mol. The summed E-state index contributed by atoms with van der Waals surface area (Å²) in [5, 5.41) is 10.6. The maximum absolute atomic E-state index is 13.2.